The van der Waals surface area contributed by atoms with Gasteiger partial charge in [-0.2, -0.15) is 0 Å². The van der Waals surface area contributed by atoms with E-state index < -0.39 is 0 Å². The van der Waals surface area contributed by atoms with Crippen LogP contribution in [0.5, 0.6) is 0 Å². The molecule has 1 aromatic heterocycles. The number of anilines is 2. The third-order valence-corrected chi connectivity index (χ3v) is 8.57. The predicted molar refractivity (Wildman–Crippen MR) is 162 cm³/mol. The van der Waals surface area contributed by atoms with Crippen LogP contribution in [0.1, 0.15) is 30.3 Å². The first kappa shape index (κ1) is 26.1. The average molecular weight is 547 g/mol. The molecule has 8 nitrogen and oxygen atoms in total. The molecule has 3 aliphatic rings. The summed E-state index contributed by atoms with van der Waals surface area (Å²) in [6, 6.07) is 28.2. The van der Waals surface area contributed by atoms with Crippen molar-refractivity contribution in [3.8, 4) is 22.5 Å². The zero-order valence-electron chi connectivity index (χ0n) is 23.5. The van der Waals surface area contributed by atoms with Gasteiger partial charge in [-0.1, -0.05) is 66.7 Å². The molecule has 209 valence electrons. The first-order valence-electron chi connectivity index (χ1n) is 14.6. The fourth-order valence-corrected chi connectivity index (χ4v) is 6.14. The maximum Gasteiger partial charge on any atom is 0.171 e. The van der Waals surface area contributed by atoms with Gasteiger partial charge in [0.15, 0.2) is 5.82 Å². The summed E-state index contributed by atoms with van der Waals surface area (Å²) in [5.74, 6) is 0.710. The van der Waals surface area contributed by atoms with Crippen molar-refractivity contribution in [2.45, 2.75) is 31.5 Å². The van der Waals surface area contributed by atoms with Crippen molar-refractivity contribution in [1.29, 1.82) is 0 Å². The van der Waals surface area contributed by atoms with E-state index in [1.165, 1.54) is 16.9 Å². The van der Waals surface area contributed by atoms with Crippen LogP contribution in [0.25, 0.3) is 22.5 Å². The van der Waals surface area contributed by atoms with Crippen LogP contribution < -0.4 is 10.2 Å². The molecule has 1 atom stereocenters. The number of ether oxygens (including phenoxy) is 1. The Hall–Kier alpha value is -3.85. The number of hydrogen-bond acceptors (Lipinski definition) is 8. The molecule has 3 aromatic carbocycles. The summed E-state index contributed by atoms with van der Waals surface area (Å²) in [7, 11) is 2.10. The standard InChI is InChI=1S/C33H36N7O/c1-38-19-20-41-22-30(38)33-35-31(32(36-37-33)25-7-3-2-4-8-25)26-13-11-24(12-14-26)21-39-17-15-27(16-18-39)40-23-34-28-9-5-6-10-29(28)40/h2-14,23,27,30,34H,15-22H2,1H3. The Morgan fingerprint density at radius 3 is 2.39 bits per heavy atom. The number of morpholine rings is 1. The van der Waals surface area contributed by atoms with Crippen LogP contribution in [-0.2, 0) is 11.3 Å². The van der Waals surface area contributed by atoms with Crippen LogP contribution in [-0.4, -0.2) is 70.9 Å². The summed E-state index contributed by atoms with van der Waals surface area (Å²) in [5, 5.41) is 12.7. The number of piperidine rings is 1. The number of aromatic nitrogens is 3. The summed E-state index contributed by atoms with van der Waals surface area (Å²) < 4.78 is 5.74. The normalized spacial score (nSPS) is 20.1. The molecule has 2 fully saturated rings. The van der Waals surface area contributed by atoms with Crippen molar-refractivity contribution in [2.75, 3.05) is 50.1 Å². The van der Waals surface area contributed by atoms with E-state index in [0.29, 0.717) is 18.5 Å². The van der Waals surface area contributed by atoms with Gasteiger partial charge in [0.25, 0.3) is 0 Å². The van der Waals surface area contributed by atoms with Gasteiger partial charge in [0.2, 0.25) is 0 Å². The highest BCUT2D eigenvalue weighted by atomic mass is 16.5. The van der Waals surface area contributed by atoms with Crippen molar-refractivity contribution in [1.82, 2.24) is 25.0 Å². The van der Waals surface area contributed by atoms with Crippen LogP contribution >= 0.6 is 0 Å². The van der Waals surface area contributed by atoms with Gasteiger partial charge in [0.1, 0.15) is 18.1 Å². The third kappa shape index (κ3) is 5.43. The van der Waals surface area contributed by atoms with E-state index in [1.54, 1.807) is 0 Å². The Morgan fingerprint density at radius 2 is 1.59 bits per heavy atom. The lowest BCUT2D eigenvalue weighted by Crippen LogP contribution is -2.43. The van der Waals surface area contributed by atoms with E-state index in [-0.39, 0.29) is 6.04 Å². The number of rotatable bonds is 6. The molecule has 1 N–H and O–H groups in total. The number of para-hydroxylation sites is 2. The minimum Gasteiger partial charge on any atom is -0.378 e. The zero-order valence-corrected chi connectivity index (χ0v) is 23.5. The van der Waals surface area contributed by atoms with Crippen molar-refractivity contribution in [2.24, 2.45) is 0 Å². The fourth-order valence-electron chi connectivity index (χ4n) is 6.14. The third-order valence-electron chi connectivity index (χ3n) is 8.57. The molecule has 1 radical (unpaired) electrons. The van der Waals surface area contributed by atoms with Gasteiger partial charge in [-0.15, -0.1) is 10.2 Å². The smallest absolute Gasteiger partial charge is 0.171 e. The van der Waals surface area contributed by atoms with Crippen LogP contribution in [0, 0.1) is 6.67 Å². The van der Waals surface area contributed by atoms with Crippen LogP contribution in [0.2, 0.25) is 0 Å². The Morgan fingerprint density at radius 1 is 0.829 bits per heavy atom. The Labute approximate surface area is 242 Å². The zero-order chi connectivity index (χ0) is 27.6. The SMILES string of the molecule is CN1CCOCC1c1nnc(-c2ccccc2)c(-c2ccc(CN3CCC(N4[CH]Nc5ccccc54)CC3)cc2)n1. The predicted octanol–water partition coefficient (Wildman–Crippen LogP) is 5.22. The molecule has 1 unspecified atom stereocenters. The molecule has 8 heteroatoms. The van der Waals surface area contributed by atoms with Crippen molar-refractivity contribution in [3.05, 3.63) is 96.9 Å². The number of hydrogen-bond donors (Lipinski definition) is 1. The number of likely N-dealkylation sites (tertiary alicyclic amines) is 1. The highest BCUT2D eigenvalue weighted by molar-refractivity contribution is 5.78. The maximum absolute atomic E-state index is 5.74. The molecular formula is C33H36N7O. The minimum atomic E-state index is 0.00411. The van der Waals surface area contributed by atoms with E-state index in [0.717, 1.165) is 68.1 Å². The average Bonchev–Trinajstić information content (AvgIpc) is 3.47. The molecule has 4 heterocycles. The van der Waals surface area contributed by atoms with Crippen LogP contribution in [0.4, 0.5) is 11.4 Å². The second-order valence-electron chi connectivity index (χ2n) is 11.2. The van der Waals surface area contributed by atoms with Gasteiger partial charge in [0.05, 0.1) is 30.6 Å². The molecule has 4 aromatic rings. The summed E-state index contributed by atoms with van der Waals surface area (Å²) in [6.45, 7) is 7.44. The number of likely N-dealkylation sites (N-methyl/N-ethyl adjacent to an activating group) is 1. The van der Waals surface area contributed by atoms with Gasteiger partial charge in [-0.25, -0.2) is 4.98 Å². The monoisotopic (exact) mass is 546 g/mol. The molecular weight excluding hydrogens is 510 g/mol. The first-order chi connectivity index (χ1) is 20.2. The van der Waals surface area contributed by atoms with Crippen LogP contribution in [0.3, 0.4) is 0 Å². The van der Waals surface area contributed by atoms with E-state index in [2.05, 4.69) is 99.5 Å². The van der Waals surface area contributed by atoms with E-state index in [1.807, 2.05) is 18.2 Å². The molecule has 0 spiro atoms. The van der Waals surface area contributed by atoms with E-state index >= 15 is 0 Å². The first-order valence-corrected chi connectivity index (χ1v) is 14.6. The molecule has 2 saturated heterocycles. The summed E-state index contributed by atoms with van der Waals surface area (Å²) in [4.78, 5) is 12.3. The summed E-state index contributed by atoms with van der Waals surface area (Å²) >= 11 is 0. The summed E-state index contributed by atoms with van der Waals surface area (Å²) in [5.41, 5.74) is 7.55. The van der Waals surface area contributed by atoms with Gasteiger partial charge in [0, 0.05) is 43.3 Å². The lowest BCUT2D eigenvalue weighted by molar-refractivity contribution is 0.00152. The molecule has 0 aliphatic carbocycles. The molecule has 0 bridgehead atoms. The van der Waals surface area contributed by atoms with Gasteiger partial charge >= 0.3 is 0 Å². The lowest BCUT2D eigenvalue weighted by atomic mass is 10.0. The van der Waals surface area contributed by atoms with Gasteiger partial charge in [-0.3, -0.25) is 9.80 Å². The largest absolute Gasteiger partial charge is 0.378 e. The quantitative estimate of drug-likeness (QED) is 0.353. The second-order valence-corrected chi connectivity index (χ2v) is 11.2. The summed E-state index contributed by atoms with van der Waals surface area (Å²) in [6.07, 6.45) is 2.31. The van der Waals surface area contributed by atoms with Crippen molar-refractivity contribution >= 4 is 11.4 Å². The van der Waals surface area contributed by atoms with Crippen molar-refractivity contribution in [3.63, 3.8) is 0 Å². The van der Waals surface area contributed by atoms with Crippen LogP contribution in [0.15, 0.2) is 78.9 Å². The molecule has 41 heavy (non-hydrogen) atoms. The van der Waals surface area contributed by atoms with Crippen molar-refractivity contribution < 1.29 is 4.74 Å². The number of nitrogens with zero attached hydrogens (tertiary/aromatic N) is 6. The highest BCUT2D eigenvalue weighted by Gasteiger charge is 2.30. The van der Waals surface area contributed by atoms with Gasteiger partial charge in [-0.05, 0) is 37.6 Å². The molecule has 7 rings (SSSR count). The Bertz CT molecular complexity index is 1470. The van der Waals surface area contributed by atoms with E-state index in [4.69, 9.17) is 14.8 Å². The molecule has 0 saturated carbocycles. The Balaban J connectivity index is 1.06. The lowest BCUT2D eigenvalue weighted by Gasteiger charge is -2.37. The number of benzene rings is 3. The second kappa shape index (κ2) is 11.6. The number of fused-ring (bicyclic) bond motifs is 1. The highest BCUT2D eigenvalue weighted by Crippen LogP contribution is 2.37. The molecule has 0 amide bonds. The van der Waals surface area contributed by atoms with Gasteiger partial charge < -0.3 is 15.0 Å². The topological polar surface area (TPSA) is 69.7 Å². The van der Waals surface area contributed by atoms with E-state index in [9.17, 15) is 0 Å². The fraction of sp³-hybridized carbons (Fsp3) is 0.333. The maximum atomic E-state index is 5.74. The number of nitrogens with one attached hydrogen (secondary N) is 1. The Kier molecular flexibility index (Phi) is 7.35. The molecule has 3 aliphatic heterocycles. The minimum absolute atomic E-state index is 0.00411.